The van der Waals surface area contributed by atoms with Gasteiger partial charge >= 0.3 is 0 Å². The number of carboxylic acid groups (broad SMARTS) is 1. The Hall–Kier alpha value is -2.44. The maximum absolute atomic E-state index is 8.36. The van der Waals surface area contributed by atoms with E-state index in [1.807, 2.05) is 6.20 Å². The van der Waals surface area contributed by atoms with E-state index in [1.165, 1.54) is 27.4 Å². The quantitative estimate of drug-likeness (QED) is 0.715. The second-order valence-electron chi connectivity index (χ2n) is 6.88. The summed E-state index contributed by atoms with van der Waals surface area (Å²) in [5.41, 5.74) is 5.06. The zero-order valence-corrected chi connectivity index (χ0v) is 16.0. The first-order valence-corrected chi connectivity index (χ1v) is 9.38. The summed E-state index contributed by atoms with van der Waals surface area (Å²) in [5.74, 6) is 0. The molecule has 3 aromatic rings. The van der Waals surface area contributed by atoms with E-state index in [-0.39, 0.29) is 6.47 Å². The Morgan fingerprint density at radius 3 is 2.63 bits per heavy atom. The molecule has 0 spiro atoms. The van der Waals surface area contributed by atoms with Crippen molar-refractivity contribution in [2.24, 2.45) is 0 Å². The highest BCUT2D eigenvalue weighted by Crippen LogP contribution is 2.31. The summed E-state index contributed by atoms with van der Waals surface area (Å²) >= 11 is 0. The van der Waals surface area contributed by atoms with Crippen LogP contribution in [0.3, 0.4) is 0 Å². The first-order valence-electron chi connectivity index (χ1n) is 9.38. The smallest absolute Gasteiger partial charge is 0.290 e. The third kappa shape index (κ3) is 4.28. The number of aromatic nitrogens is 2. The average molecular weight is 369 g/mol. The highest BCUT2D eigenvalue weighted by atomic mass is 16.5. The van der Waals surface area contributed by atoms with Gasteiger partial charge in [-0.25, -0.2) is 0 Å². The standard InChI is InChI=1S/C20H25N3O.CH2O2/c1-15-4-5-17-18-6-7-21-16(2)20(18)23(19(17)14-15)9-3-8-22-10-12-24-13-11-22;2-1-3/h4-7,14H,3,8-13H2,1-2H3;1H,(H,2,3). The largest absolute Gasteiger partial charge is 0.483 e. The van der Waals surface area contributed by atoms with Crippen molar-refractivity contribution in [2.75, 3.05) is 32.8 Å². The minimum absolute atomic E-state index is 0.250. The fourth-order valence-electron chi connectivity index (χ4n) is 3.84. The van der Waals surface area contributed by atoms with Gasteiger partial charge in [0.1, 0.15) is 0 Å². The predicted octanol–water partition coefficient (Wildman–Crippen LogP) is 3.23. The van der Waals surface area contributed by atoms with E-state index in [0.717, 1.165) is 51.5 Å². The van der Waals surface area contributed by atoms with Gasteiger partial charge in [0.15, 0.2) is 0 Å². The van der Waals surface area contributed by atoms with E-state index in [0.29, 0.717) is 0 Å². The Labute approximate surface area is 159 Å². The number of hydrogen-bond donors (Lipinski definition) is 1. The molecular formula is C21H27N3O3. The van der Waals surface area contributed by atoms with E-state index in [9.17, 15) is 0 Å². The zero-order chi connectivity index (χ0) is 19.2. The molecule has 1 aliphatic rings. The van der Waals surface area contributed by atoms with Crippen LogP contribution in [0.5, 0.6) is 0 Å². The van der Waals surface area contributed by atoms with Gasteiger partial charge in [-0.15, -0.1) is 0 Å². The number of hydrogen-bond acceptors (Lipinski definition) is 4. The van der Waals surface area contributed by atoms with Gasteiger partial charge in [0, 0.05) is 48.7 Å². The number of aryl methyl sites for hydroxylation is 3. The third-order valence-corrected chi connectivity index (χ3v) is 5.07. The van der Waals surface area contributed by atoms with Crippen LogP contribution in [0.15, 0.2) is 30.5 Å². The van der Waals surface area contributed by atoms with E-state index in [1.54, 1.807) is 0 Å². The van der Waals surface area contributed by atoms with Gasteiger partial charge in [-0.3, -0.25) is 14.7 Å². The number of carbonyl (C=O) groups is 1. The van der Waals surface area contributed by atoms with Crippen molar-refractivity contribution in [1.82, 2.24) is 14.5 Å². The molecule has 0 saturated carbocycles. The van der Waals surface area contributed by atoms with Crippen LogP contribution >= 0.6 is 0 Å². The number of benzene rings is 1. The molecule has 1 aliphatic heterocycles. The fourth-order valence-corrected chi connectivity index (χ4v) is 3.84. The summed E-state index contributed by atoms with van der Waals surface area (Å²) in [6.45, 7) is 10.1. The van der Waals surface area contributed by atoms with Crippen molar-refractivity contribution in [3.8, 4) is 0 Å². The lowest BCUT2D eigenvalue weighted by Crippen LogP contribution is -2.37. The lowest BCUT2D eigenvalue weighted by atomic mass is 10.1. The number of morpholine rings is 1. The molecule has 144 valence electrons. The lowest BCUT2D eigenvalue weighted by molar-refractivity contribution is -0.122. The van der Waals surface area contributed by atoms with Gasteiger partial charge in [0.2, 0.25) is 0 Å². The van der Waals surface area contributed by atoms with Gasteiger partial charge in [-0.05, 0) is 38.0 Å². The van der Waals surface area contributed by atoms with Crippen molar-refractivity contribution in [2.45, 2.75) is 26.8 Å². The van der Waals surface area contributed by atoms with Gasteiger partial charge < -0.3 is 14.4 Å². The maximum atomic E-state index is 8.36. The number of nitrogens with zero attached hydrogens (tertiary/aromatic N) is 3. The minimum Gasteiger partial charge on any atom is -0.483 e. The first-order chi connectivity index (χ1) is 13.2. The van der Waals surface area contributed by atoms with Crippen molar-refractivity contribution in [3.05, 3.63) is 41.7 Å². The second-order valence-corrected chi connectivity index (χ2v) is 6.88. The molecule has 6 nitrogen and oxygen atoms in total. The molecule has 0 amide bonds. The summed E-state index contributed by atoms with van der Waals surface area (Å²) in [5, 5.41) is 9.55. The Balaban J connectivity index is 0.000000659. The molecule has 1 saturated heterocycles. The molecule has 1 N–H and O–H groups in total. The molecule has 6 heteroatoms. The molecule has 0 radical (unpaired) electrons. The van der Waals surface area contributed by atoms with Crippen molar-refractivity contribution in [1.29, 1.82) is 0 Å². The predicted molar refractivity (Wildman–Crippen MR) is 107 cm³/mol. The lowest BCUT2D eigenvalue weighted by Gasteiger charge is -2.26. The molecular weight excluding hydrogens is 342 g/mol. The average Bonchev–Trinajstić information content (AvgIpc) is 2.98. The third-order valence-electron chi connectivity index (χ3n) is 5.07. The number of rotatable bonds is 4. The molecule has 2 aromatic heterocycles. The summed E-state index contributed by atoms with van der Waals surface area (Å²) in [6.07, 6.45) is 3.08. The van der Waals surface area contributed by atoms with Gasteiger partial charge in [-0.1, -0.05) is 12.1 Å². The normalized spacial score (nSPS) is 14.9. The van der Waals surface area contributed by atoms with Crippen LogP contribution in [0.25, 0.3) is 21.8 Å². The molecule has 0 bridgehead atoms. The molecule has 1 aromatic carbocycles. The van der Waals surface area contributed by atoms with Crippen LogP contribution in [0, 0.1) is 13.8 Å². The highest BCUT2D eigenvalue weighted by Gasteiger charge is 2.14. The highest BCUT2D eigenvalue weighted by molar-refractivity contribution is 6.08. The van der Waals surface area contributed by atoms with Crippen molar-refractivity contribution in [3.63, 3.8) is 0 Å². The molecule has 0 atom stereocenters. The minimum atomic E-state index is -0.250. The van der Waals surface area contributed by atoms with Crippen LogP contribution in [-0.4, -0.2) is 58.9 Å². The van der Waals surface area contributed by atoms with E-state index in [4.69, 9.17) is 14.6 Å². The molecule has 27 heavy (non-hydrogen) atoms. The van der Waals surface area contributed by atoms with Crippen molar-refractivity contribution < 1.29 is 14.6 Å². The molecule has 0 aliphatic carbocycles. The Morgan fingerprint density at radius 1 is 1.15 bits per heavy atom. The van der Waals surface area contributed by atoms with Crippen LogP contribution in [-0.2, 0) is 16.1 Å². The molecule has 1 fully saturated rings. The zero-order valence-electron chi connectivity index (χ0n) is 16.0. The van der Waals surface area contributed by atoms with E-state index < -0.39 is 0 Å². The Morgan fingerprint density at radius 2 is 1.89 bits per heavy atom. The SMILES string of the molecule is Cc1ccc2c3ccnc(C)c3n(CCCN3CCOCC3)c2c1.O=CO. The summed E-state index contributed by atoms with van der Waals surface area (Å²) in [7, 11) is 0. The van der Waals surface area contributed by atoms with Crippen molar-refractivity contribution >= 4 is 28.3 Å². The summed E-state index contributed by atoms with van der Waals surface area (Å²) < 4.78 is 7.91. The van der Waals surface area contributed by atoms with Gasteiger partial charge in [0.25, 0.3) is 6.47 Å². The molecule has 3 heterocycles. The number of pyridine rings is 1. The van der Waals surface area contributed by atoms with Gasteiger partial charge in [0.05, 0.1) is 24.4 Å². The number of fused-ring (bicyclic) bond motifs is 3. The topological polar surface area (TPSA) is 67.6 Å². The first kappa shape index (κ1) is 19.3. The van der Waals surface area contributed by atoms with E-state index in [2.05, 4.69) is 52.6 Å². The fraction of sp³-hybridized carbons (Fsp3) is 0.429. The Kier molecular flexibility index (Phi) is 6.42. The molecule has 4 rings (SSSR count). The van der Waals surface area contributed by atoms with Gasteiger partial charge in [-0.2, -0.15) is 0 Å². The van der Waals surface area contributed by atoms with Crippen LogP contribution in [0.4, 0.5) is 0 Å². The summed E-state index contributed by atoms with van der Waals surface area (Å²) in [4.78, 5) is 15.4. The molecule has 0 unspecified atom stereocenters. The second kappa shape index (κ2) is 8.97. The number of ether oxygens (including phenoxy) is 1. The Bertz CT molecular complexity index is 914. The van der Waals surface area contributed by atoms with E-state index >= 15 is 0 Å². The summed E-state index contributed by atoms with van der Waals surface area (Å²) in [6, 6.07) is 8.92. The monoisotopic (exact) mass is 369 g/mol. The van der Waals surface area contributed by atoms with Crippen LogP contribution in [0.1, 0.15) is 17.7 Å². The maximum Gasteiger partial charge on any atom is 0.290 e. The van der Waals surface area contributed by atoms with Crippen LogP contribution in [0.2, 0.25) is 0 Å². The van der Waals surface area contributed by atoms with Crippen LogP contribution < -0.4 is 0 Å².